The summed E-state index contributed by atoms with van der Waals surface area (Å²) in [5.41, 5.74) is 2.69. The fraction of sp³-hybridized carbons (Fsp3) is 0.417. The summed E-state index contributed by atoms with van der Waals surface area (Å²) in [5.74, 6) is 0.242. The summed E-state index contributed by atoms with van der Waals surface area (Å²) in [6.07, 6.45) is 4.48. The van der Waals surface area contributed by atoms with Crippen molar-refractivity contribution in [3.8, 4) is 0 Å². The van der Waals surface area contributed by atoms with Crippen molar-refractivity contribution in [2.75, 3.05) is 19.6 Å². The van der Waals surface area contributed by atoms with Crippen LogP contribution in [-0.2, 0) is 6.42 Å². The largest absolute Gasteiger partial charge is 0.303 e. The maximum atomic E-state index is 13.0. The second kappa shape index (κ2) is 9.64. The molecule has 0 radical (unpaired) electrons. The van der Waals surface area contributed by atoms with E-state index in [1.54, 1.807) is 12.1 Å². The van der Waals surface area contributed by atoms with E-state index < -0.39 is 0 Å². The molecular formula is C24H27ClFNO2. The lowest BCUT2D eigenvalue weighted by Crippen LogP contribution is -2.38. The third kappa shape index (κ3) is 4.93. The summed E-state index contributed by atoms with van der Waals surface area (Å²) >= 11 is 0. The number of benzene rings is 2. The van der Waals surface area contributed by atoms with Gasteiger partial charge in [-0.15, -0.1) is 12.4 Å². The number of nitrogens with zero attached hydrogens (tertiary/aromatic N) is 1. The van der Waals surface area contributed by atoms with E-state index in [0.717, 1.165) is 57.3 Å². The first-order chi connectivity index (χ1) is 13.6. The van der Waals surface area contributed by atoms with Crippen LogP contribution in [0, 0.1) is 17.7 Å². The van der Waals surface area contributed by atoms with E-state index in [0.29, 0.717) is 11.3 Å². The van der Waals surface area contributed by atoms with Crippen molar-refractivity contribution in [3.63, 3.8) is 0 Å². The molecule has 0 bridgehead atoms. The van der Waals surface area contributed by atoms with Crippen LogP contribution in [0.15, 0.2) is 48.5 Å². The van der Waals surface area contributed by atoms with Crippen LogP contribution < -0.4 is 0 Å². The van der Waals surface area contributed by atoms with Crippen LogP contribution in [0.5, 0.6) is 0 Å². The lowest BCUT2D eigenvalue weighted by Gasteiger charge is -2.32. The summed E-state index contributed by atoms with van der Waals surface area (Å²) in [6.45, 7) is 2.68. The fourth-order valence-electron chi connectivity index (χ4n) is 4.54. The summed E-state index contributed by atoms with van der Waals surface area (Å²) < 4.78 is 13.0. The quantitative estimate of drug-likeness (QED) is 0.646. The summed E-state index contributed by atoms with van der Waals surface area (Å²) in [7, 11) is 0. The number of likely N-dealkylation sites (tertiary alicyclic amines) is 1. The van der Waals surface area contributed by atoms with Crippen LogP contribution >= 0.6 is 12.4 Å². The molecule has 1 aliphatic heterocycles. The van der Waals surface area contributed by atoms with E-state index in [1.165, 1.54) is 17.7 Å². The molecule has 1 heterocycles. The Kier molecular flexibility index (Phi) is 7.20. The van der Waals surface area contributed by atoms with Crippen LogP contribution in [-0.4, -0.2) is 36.1 Å². The Morgan fingerprint density at radius 1 is 1.00 bits per heavy atom. The number of hydrogen-bond donors (Lipinski definition) is 0. The Labute approximate surface area is 177 Å². The average Bonchev–Trinajstić information content (AvgIpc) is 2.74. The SMILES string of the molecule is Cl.O=C(c1ccc(F)cc1)C1CCN(CCC2CCc3ccccc3C2=O)CC1. The highest BCUT2D eigenvalue weighted by Gasteiger charge is 2.29. The molecule has 29 heavy (non-hydrogen) atoms. The highest BCUT2D eigenvalue weighted by molar-refractivity contribution is 6.00. The molecule has 5 heteroatoms. The minimum absolute atomic E-state index is 0. The second-order valence-electron chi connectivity index (χ2n) is 8.03. The summed E-state index contributed by atoms with van der Waals surface area (Å²) in [4.78, 5) is 27.7. The van der Waals surface area contributed by atoms with Crippen LogP contribution in [0.3, 0.4) is 0 Å². The minimum Gasteiger partial charge on any atom is -0.303 e. The van der Waals surface area contributed by atoms with Crippen molar-refractivity contribution in [1.82, 2.24) is 4.90 Å². The van der Waals surface area contributed by atoms with Crippen LogP contribution in [0.25, 0.3) is 0 Å². The molecule has 1 aliphatic carbocycles. The van der Waals surface area contributed by atoms with Gasteiger partial charge in [0.05, 0.1) is 0 Å². The molecule has 0 N–H and O–H groups in total. The Hall–Kier alpha value is -2.04. The monoisotopic (exact) mass is 415 g/mol. The van der Waals surface area contributed by atoms with Crippen LogP contribution in [0.2, 0.25) is 0 Å². The Morgan fingerprint density at radius 2 is 1.69 bits per heavy atom. The van der Waals surface area contributed by atoms with Crippen molar-refractivity contribution < 1.29 is 14.0 Å². The van der Waals surface area contributed by atoms with Gasteiger partial charge in [-0.1, -0.05) is 24.3 Å². The van der Waals surface area contributed by atoms with Gasteiger partial charge in [0.1, 0.15) is 5.82 Å². The molecule has 2 aliphatic rings. The zero-order valence-corrected chi connectivity index (χ0v) is 17.3. The average molecular weight is 416 g/mol. The lowest BCUT2D eigenvalue weighted by molar-refractivity contribution is 0.0820. The molecule has 1 fully saturated rings. The van der Waals surface area contributed by atoms with Gasteiger partial charge in [0, 0.05) is 23.0 Å². The third-order valence-corrected chi connectivity index (χ3v) is 6.30. The summed E-state index contributed by atoms with van der Waals surface area (Å²) in [6, 6.07) is 13.8. The molecule has 0 amide bonds. The van der Waals surface area contributed by atoms with Crippen molar-refractivity contribution >= 4 is 24.0 Å². The molecule has 0 saturated carbocycles. The first kappa shape index (κ1) is 21.7. The number of hydrogen-bond acceptors (Lipinski definition) is 3. The van der Waals surface area contributed by atoms with Gasteiger partial charge in [0.2, 0.25) is 0 Å². The number of halogens is 2. The fourth-order valence-corrected chi connectivity index (χ4v) is 4.54. The molecule has 1 unspecified atom stereocenters. The van der Waals surface area contributed by atoms with E-state index in [-0.39, 0.29) is 35.8 Å². The van der Waals surface area contributed by atoms with Crippen molar-refractivity contribution in [2.45, 2.75) is 32.1 Å². The number of aryl methyl sites for hydroxylation is 1. The van der Waals surface area contributed by atoms with Gasteiger partial charge in [-0.25, -0.2) is 4.39 Å². The molecule has 2 aromatic carbocycles. The normalized spacial score (nSPS) is 20.0. The number of ketones is 2. The number of fused-ring (bicyclic) bond motifs is 1. The maximum Gasteiger partial charge on any atom is 0.166 e. The maximum absolute atomic E-state index is 13.0. The van der Waals surface area contributed by atoms with E-state index in [9.17, 15) is 14.0 Å². The van der Waals surface area contributed by atoms with Crippen molar-refractivity contribution in [3.05, 3.63) is 71.0 Å². The molecule has 1 atom stereocenters. The Bertz CT molecular complexity index is 859. The van der Waals surface area contributed by atoms with Gasteiger partial charge in [-0.3, -0.25) is 9.59 Å². The molecule has 3 nitrogen and oxygen atoms in total. The zero-order chi connectivity index (χ0) is 19.5. The van der Waals surface area contributed by atoms with Crippen molar-refractivity contribution in [2.24, 2.45) is 11.8 Å². The molecular weight excluding hydrogens is 389 g/mol. The molecule has 0 spiro atoms. The van der Waals surface area contributed by atoms with Crippen LogP contribution in [0.4, 0.5) is 4.39 Å². The van der Waals surface area contributed by atoms with Gasteiger partial charge in [-0.2, -0.15) is 0 Å². The minimum atomic E-state index is -0.314. The first-order valence-electron chi connectivity index (χ1n) is 10.3. The van der Waals surface area contributed by atoms with Gasteiger partial charge in [0.25, 0.3) is 0 Å². The number of carbonyl (C=O) groups excluding carboxylic acids is 2. The first-order valence-corrected chi connectivity index (χ1v) is 10.3. The molecule has 1 saturated heterocycles. The standard InChI is InChI=1S/C24H26FNO2.ClH/c25-21-9-7-18(8-10-21)23(27)20-12-15-26(16-13-20)14-11-19-6-5-17-3-1-2-4-22(17)24(19)28;/h1-4,7-10,19-20H,5-6,11-16H2;1H. The van der Waals surface area contributed by atoms with Crippen molar-refractivity contribution in [1.29, 1.82) is 0 Å². The predicted octanol–water partition coefficient (Wildman–Crippen LogP) is 4.98. The molecule has 4 rings (SSSR count). The number of piperidine rings is 1. The molecule has 0 aromatic heterocycles. The third-order valence-electron chi connectivity index (χ3n) is 6.30. The summed E-state index contributed by atoms with van der Waals surface area (Å²) in [5, 5.41) is 0. The van der Waals surface area contributed by atoms with Gasteiger partial charge < -0.3 is 4.90 Å². The Morgan fingerprint density at radius 3 is 2.41 bits per heavy atom. The number of Topliss-reactive ketones (excluding diaryl/α,β-unsaturated/α-hetero) is 2. The van der Waals surface area contributed by atoms with Gasteiger partial charge in [0.15, 0.2) is 11.6 Å². The Balaban J connectivity index is 0.00000240. The number of rotatable bonds is 5. The number of carbonyl (C=O) groups is 2. The highest BCUT2D eigenvalue weighted by Crippen LogP contribution is 2.28. The topological polar surface area (TPSA) is 37.4 Å². The smallest absolute Gasteiger partial charge is 0.166 e. The van der Waals surface area contributed by atoms with Crippen LogP contribution in [0.1, 0.15) is 52.0 Å². The van der Waals surface area contributed by atoms with E-state index in [1.807, 2.05) is 18.2 Å². The zero-order valence-electron chi connectivity index (χ0n) is 16.5. The molecule has 2 aromatic rings. The van der Waals surface area contributed by atoms with E-state index in [4.69, 9.17) is 0 Å². The lowest BCUT2D eigenvalue weighted by atomic mass is 9.81. The second-order valence-corrected chi connectivity index (χ2v) is 8.03. The predicted molar refractivity (Wildman–Crippen MR) is 114 cm³/mol. The van der Waals surface area contributed by atoms with Gasteiger partial charge in [-0.05, 0) is 81.6 Å². The van der Waals surface area contributed by atoms with E-state index >= 15 is 0 Å². The molecule has 154 valence electrons. The van der Waals surface area contributed by atoms with Gasteiger partial charge >= 0.3 is 0 Å². The highest BCUT2D eigenvalue weighted by atomic mass is 35.5. The van der Waals surface area contributed by atoms with E-state index in [2.05, 4.69) is 11.0 Å².